The van der Waals surface area contributed by atoms with Gasteiger partial charge >= 0.3 is 6.03 Å². The van der Waals surface area contributed by atoms with Crippen LogP contribution < -0.4 is 9.64 Å². The van der Waals surface area contributed by atoms with Gasteiger partial charge in [-0.1, -0.05) is 85.9 Å². The normalized spacial score (nSPS) is 21.5. The minimum absolute atomic E-state index is 0.161. The van der Waals surface area contributed by atoms with Gasteiger partial charge in [-0.15, -0.1) is 0 Å². The summed E-state index contributed by atoms with van der Waals surface area (Å²) in [4.78, 5) is 45.5. The summed E-state index contributed by atoms with van der Waals surface area (Å²) < 4.78 is 6.32. The Morgan fingerprint density at radius 2 is 1.54 bits per heavy atom. The number of fused-ring (bicyclic) bond motifs is 1. The Balaban J connectivity index is 1.25. The van der Waals surface area contributed by atoms with E-state index in [0.717, 1.165) is 54.7 Å². The quantitative estimate of drug-likeness (QED) is 0.187. The third-order valence-corrected chi connectivity index (χ3v) is 12.6. The molecule has 1 saturated heterocycles. The van der Waals surface area contributed by atoms with Gasteiger partial charge in [-0.05, 0) is 106 Å². The fourth-order valence-electron chi connectivity index (χ4n) is 8.67. The SMILES string of the molecule is CCOc1cc(C(C)(C)C)ncc1C1=N[C@@](C)(c2ccc(Cl)cc2)[C@@](C)(c2ccc(Cl)cc2)N1C(=O)N1CCC(CC(=O)N2CCCc3cc(C)ccc32)CC1. The van der Waals surface area contributed by atoms with Crippen LogP contribution in [0.15, 0.2) is 84.0 Å². The number of ether oxygens (including phenoxy) is 1. The van der Waals surface area contributed by atoms with E-state index in [0.29, 0.717) is 53.3 Å². The molecule has 0 spiro atoms. The van der Waals surface area contributed by atoms with Crippen LogP contribution in [-0.2, 0) is 27.7 Å². The average molecular weight is 795 g/mol. The van der Waals surface area contributed by atoms with Crippen LogP contribution in [0.25, 0.3) is 0 Å². The third-order valence-electron chi connectivity index (χ3n) is 12.1. The van der Waals surface area contributed by atoms with Crippen molar-refractivity contribution < 1.29 is 14.3 Å². The fraction of sp³-hybridized carbons (Fsp3) is 0.435. The van der Waals surface area contributed by atoms with Crippen LogP contribution in [0.3, 0.4) is 0 Å². The third kappa shape index (κ3) is 7.31. The summed E-state index contributed by atoms with van der Waals surface area (Å²) >= 11 is 12.9. The molecule has 10 heteroatoms. The number of carbonyl (C=O) groups is 2. The van der Waals surface area contributed by atoms with Crippen LogP contribution in [0, 0.1) is 12.8 Å². The number of halogens is 2. The van der Waals surface area contributed by atoms with Crippen LogP contribution in [0.4, 0.5) is 10.5 Å². The Hall–Kier alpha value is -4.40. The lowest BCUT2D eigenvalue weighted by atomic mass is 9.71. The number of benzene rings is 3. The molecule has 4 aromatic rings. The van der Waals surface area contributed by atoms with Gasteiger partial charge in [-0.2, -0.15) is 0 Å². The van der Waals surface area contributed by atoms with E-state index in [-0.39, 0.29) is 23.3 Å². The van der Waals surface area contributed by atoms with Crippen molar-refractivity contribution in [2.24, 2.45) is 10.9 Å². The summed E-state index contributed by atoms with van der Waals surface area (Å²) in [5, 5.41) is 1.21. The Morgan fingerprint density at radius 3 is 2.16 bits per heavy atom. The lowest BCUT2D eigenvalue weighted by molar-refractivity contribution is -0.119. The first-order valence-electron chi connectivity index (χ1n) is 19.9. The van der Waals surface area contributed by atoms with Crippen molar-refractivity contribution in [3.05, 3.63) is 123 Å². The highest BCUT2D eigenvalue weighted by atomic mass is 35.5. The predicted molar refractivity (Wildman–Crippen MR) is 226 cm³/mol. The summed E-state index contributed by atoms with van der Waals surface area (Å²) in [5.74, 6) is 1.44. The molecule has 294 valence electrons. The number of aromatic nitrogens is 1. The second kappa shape index (κ2) is 15.5. The number of anilines is 1. The van der Waals surface area contributed by atoms with Gasteiger partial charge in [-0.25, -0.2) is 4.79 Å². The molecule has 0 aliphatic carbocycles. The second-order valence-corrected chi connectivity index (χ2v) is 17.7. The molecular weight excluding hydrogens is 741 g/mol. The van der Waals surface area contributed by atoms with Gasteiger partial charge in [0.1, 0.15) is 22.7 Å². The fourth-order valence-corrected chi connectivity index (χ4v) is 8.92. The standard InChI is InChI=1S/C46H53Cl2N5O3/c1-8-56-39-28-40(44(3,4)5)49-29-37(39)42-50-45(6,33-12-16-35(47)17-13-33)46(7,34-14-18-36(48)19-15-34)53(42)43(55)51-24-21-31(22-25-51)27-41(54)52-23-9-10-32-26-30(2)11-20-38(32)52/h11-20,26,28-29,31H,8-10,21-25,27H2,1-7H3/t45-,46+/m0/s1. The van der Waals surface area contributed by atoms with E-state index in [2.05, 4.69) is 59.7 Å². The van der Waals surface area contributed by atoms with Crippen molar-refractivity contribution in [1.82, 2.24) is 14.8 Å². The molecule has 0 radical (unpaired) electrons. The van der Waals surface area contributed by atoms with Crippen molar-refractivity contribution in [2.75, 3.05) is 31.1 Å². The number of rotatable bonds is 7. The van der Waals surface area contributed by atoms with Gasteiger partial charge in [0, 0.05) is 65.2 Å². The van der Waals surface area contributed by atoms with E-state index in [9.17, 15) is 4.79 Å². The van der Waals surface area contributed by atoms with E-state index in [1.165, 1.54) is 11.1 Å². The number of aryl methyl sites for hydroxylation is 2. The topological polar surface area (TPSA) is 78.3 Å². The molecule has 0 N–H and O–H groups in total. The Bertz CT molecular complexity index is 2140. The molecule has 1 fully saturated rings. The molecule has 0 unspecified atom stereocenters. The van der Waals surface area contributed by atoms with Gasteiger partial charge in [0.2, 0.25) is 5.91 Å². The van der Waals surface area contributed by atoms with Crippen molar-refractivity contribution in [2.45, 2.75) is 97.1 Å². The van der Waals surface area contributed by atoms with Crippen LogP contribution in [0.5, 0.6) is 5.75 Å². The smallest absolute Gasteiger partial charge is 0.326 e. The molecule has 0 bridgehead atoms. The highest BCUT2D eigenvalue weighted by Crippen LogP contribution is 2.54. The van der Waals surface area contributed by atoms with E-state index in [4.69, 9.17) is 37.9 Å². The number of piperidine rings is 1. The molecule has 56 heavy (non-hydrogen) atoms. The number of likely N-dealkylation sites (tertiary alicyclic amines) is 1. The maximum absolute atomic E-state index is 15.4. The zero-order chi connectivity index (χ0) is 40.0. The van der Waals surface area contributed by atoms with Gasteiger partial charge in [0.25, 0.3) is 0 Å². The molecule has 2 atom stereocenters. The van der Waals surface area contributed by atoms with E-state index in [1.54, 1.807) is 6.20 Å². The molecule has 0 saturated carbocycles. The van der Waals surface area contributed by atoms with Gasteiger partial charge in [0.05, 0.1) is 12.2 Å². The van der Waals surface area contributed by atoms with Gasteiger partial charge in [0.15, 0.2) is 0 Å². The number of pyridine rings is 1. The lowest BCUT2D eigenvalue weighted by Gasteiger charge is -2.47. The monoisotopic (exact) mass is 793 g/mol. The number of urea groups is 1. The summed E-state index contributed by atoms with van der Waals surface area (Å²) in [6, 6.07) is 23.6. The van der Waals surface area contributed by atoms with Crippen LogP contribution in [0.2, 0.25) is 10.0 Å². The first kappa shape index (κ1) is 39.8. The largest absolute Gasteiger partial charge is 0.493 e. The number of hydrogen-bond acceptors (Lipinski definition) is 5. The summed E-state index contributed by atoms with van der Waals surface area (Å²) in [7, 11) is 0. The van der Waals surface area contributed by atoms with Gasteiger partial charge < -0.3 is 14.5 Å². The van der Waals surface area contributed by atoms with Crippen molar-refractivity contribution in [1.29, 1.82) is 0 Å². The molecule has 3 aliphatic heterocycles. The summed E-state index contributed by atoms with van der Waals surface area (Å²) in [6.07, 6.45) is 5.69. The van der Waals surface area contributed by atoms with Crippen molar-refractivity contribution in [3.8, 4) is 5.75 Å². The van der Waals surface area contributed by atoms with Crippen LogP contribution >= 0.6 is 23.2 Å². The zero-order valence-corrected chi connectivity index (χ0v) is 35.2. The maximum Gasteiger partial charge on any atom is 0.326 e. The molecule has 1 aromatic heterocycles. The first-order chi connectivity index (χ1) is 26.6. The van der Waals surface area contributed by atoms with Crippen molar-refractivity contribution in [3.63, 3.8) is 0 Å². The molecule has 3 aromatic carbocycles. The van der Waals surface area contributed by atoms with Gasteiger partial charge in [-0.3, -0.25) is 19.7 Å². The van der Waals surface area contributed by atoms with E-state index in [1.807, 2.05) is 76.2 Å². The summed E-state index contributed by atoms with van der Waals surface area (Å²) in [6.45, 7) is 16.8. The maximum atomic E-state index is 15.4. The summed E-state index contributed by atoms with van der Waals surface area (Å²) in [5.41, 5.74) is 4.57. The number of nitrogens with zero attached hydrogens (tertiary/aromatic N) is 5. The Kier molecular flexibility index (Phi) is 11.0. The minimum Gasteiger partial charge on any atom is -0.493 e. The predicted octanol–water partition coefficient (Wildman–Crippen LogP) is 10.5. The number of amides is 3. The lowest BCUT2D eigenvalue weighted by Crippen LogP contribution is -2.59. The highest BCUT2D eigenvalue weighted by Gasteiger charge is 2.60. The van der Waals surface area contributed by atoms with Crippen LogP contribution in [0.1, 0.15) is 101 Å². The first-order valence-corrected chi connectivity index (χ1v) is 20.6. The van der Waals surface area contributed by atoms with E-state index < -0.39 is 11.1 Å². The minimum atomic E-state index is -1.03. The number of aliphatic imine (C=N–C) groups is 1. The average Bonchev–Trinajstić information content (AvgIpc) is 3.42. The molecule has 3 aliphatic rings. The van der Waals surface area contributed by atoms with Crippen LogP contribution in [-0.4, -0.2) is 58.8 Å². The zero-order valence-electron chi connectivity index (χ0n) is 33.7. The molecule has 7 rings (SSSR count). The Morgan fingerprint density at radius 1 is 0.893 bits per heavy atom. The van der Waals surface area contributed by atoms with Crippen molar-refractivity contribution >= 4 is 46.7 Å². The number of hydrogen-bond donors (Lipinski definition) is 0. The molecule has 3 amide bonds. The highest BCUT2D eigenvalue weighted by molar-refractivity contribution is 6.30. The molecular formula is C46H53Cl2N5O3. The number of amidine groups is 1. The second-order valence-electron chi connectivity index (χ2n) is 16.9. The van der Waals surface area contributed by atoms with E-state index >= 15 is 4.79 Å². The molecule has 4 heterocycles. The molecule has 8 nitrogen and oxygen atoms in total. The Labute approximate surface area is 341 Å². The number of carbonyl (C=O) groups excluding carboxylic acids is 2.